The molecule has 1 aromatic heterocycles. The van der Waals surface area contributed by atoms with E-state index in [2.05, 4.69) is 27.0 Å². The van der Waals surface area contributed by atoms with Gasteiger partial charge in [-0.1, -0.05) is 19.3 Å². The van der Waals surface area contributed by atoms with Crippen molar-refractivity contribution in [2.75, 3.05) is 0 Å². The zero-order chi connectivity index (χ0) is 12.4. The molecule has 1 fully saturated rings. The van der Waals surface area contributed by atoms with E-state index in [4.69, 9.17) is 0 Å². The summed E-state index contributed by atoms with van der Waals surface area (Å²) in [6.07, 6.45) is 10.4. The molecule has 0 aromatic carbocycles. The zero-order valence-electron chi connectivity index (χ0n) is 11.4. The number of fused-ring (bicyclic) bond motifs is 1. The first kappa shape index (κ1) is 12.2. The maximum Gasteiger partial charge on any atom is 0.147 e. The predicted octanol–water partition coefficient (Wildman–Crippen LogP) is 2.43. The highest BCUT2D eigenvalue weighted by molar-refractivity contribution is 5.00. The van der Waals surface area contributed by atoms with Gasteiger partial charge in [-0.25, -0.2) is 0 Å². The van der Waals surface area contributed by atoms with Gasteiger partial charge in [0.05, 0.1) is 6.54 Å². The Morgan fingerprint density at radius 1 is 1.11 bits per heavy atom. The first-order chi connectivity index (χ1) is 8.77. The van der Waals surface area contributed by atoms with Gasteiger partial charge in [-0.15, -0.1) is 10.2 Å². The van der Waals surface area contributed by atoms with Crippen molar-refractivity contribution in [2.45, 2.75) is 76.9 Å². The molecule has 3 rings (SSSR count). The Balaban J connectivity index is 1.64. The lowest BCUT2D eigenvalue weighted by molar-refractivity contribution is 0.248. The molecule has 1 aliphatic carbocycles. The van der Waals surface area contributed by atoms with Crippen molar-refractivity contribution in [3.63, 3.8) is 0 Å². The summed E-state index contributed by atoms with van der Waals surface area (Å²) in [5.74, 6) is 2.32. The summed E-state index contributed by atoms with van der Waals surface area (Å²) >= 11 is 0. The Bertz CT molecular complexity index is 404. The molecule has 2 heterocycles. The van der Waals surface area contributed by atoms with E-state index in [9.17, 15) is 0 Å². The van der Waals surface area contributed by atoms with E-state index in [0.29, 0.717) is 5.54 Å². The van der Waals surface area contributed by atoms with E-state index in [1.54, 1.807) is 0 Å². The Morgan fingerprint density at radius 3 is 2.78 bits per heavy atom. The molecule has 18 heavy (non-hydrogen) atoms. The quantitative estimate of drug-likeness (QED) is 0.893. The van der Waals surface area contributed by atoms with Crippen molar-refractivity contribution in [3.05, 3.63) is 11.6 Å². The SMILES string of the molecule is CC1(NCc2nnc3n2CCCC3)CCCCC1. The average Bonchev–Trinajstić information content (AvgIpc) is 2.81. The summed E-state index contributed by atoms with van der Waals surface area (Å²) < 4.78 is 2.32. The Kier molecular flexibility index (Phi) is 3.37. The van der Waals surface area contributed by atoms with E-state index >= 15 is 0 Å². The van der Waals surface area contributed by atoms with Crippen molar-refractivity contribution in [1.29, 1.82) is 0 Å². The third-order valence-corrected chi connectivity index (χ3v) is 4.57. The molecule has 1 aromatic rings. The van der Waals surface area contributed by atoms with Crippen molar-refractivity contribution >= 4 is 0 Å². The molecular weight excluding hydrogens is 224 g/mol. The standard InChI is InChI=1S/C14H24N4/c1-14(8-4-2-5-9-14)15-11-13-17-16-12-7-3-6-10-18(12)13/h15H,2-11H2,1H3. The van der Waals surface area contributed by atoms with Crippen molar-refractivity contribution in [2.24, 2.45) is 0 Å². The fraction of sp³-hybridized carbons (Fsp3) is 0.857. The molecule has 1 N–H and O–H groups in total. The minimum Gasteiger partial charge on any atom is -0.314 e. The fourth-order valence-corrected chi connectivity index (χ4v) is 3.30. The molecule has 4 nitrogen and oxygen atoms in total. The van der Waals surface area contributed by atoms with Gasteiger partial charge in [-0.2, -0.15) is 0 Å². The van der Waals surface area contributed by atoms with Gasteiger partial charge in [0.2, 0.25) is 0 Å². The lowest BCUT2D eigenvalue weighted by Crippen LogP contribution is -2.43. The Morgan fingerprint density at radius 2 is 1.94 bits per heavy atom. The number of hydrogen-bond acceptors (Lipinski definition) is 3. The number of aryl methyl sites for hydroxylation is 1. The van der Waals surface area contributed by atoms with Gasteiger partial charge in [0, 0.05) is 18.5 Å². The molecule has 0 radical (unpaired) electrons. The number of nitrogens with one attached hydrogen (secondary N) is 1. The van der Waals surface area contributed by atoms with Crippen LogP contribution in [-0.4, -0.2) is 20.3 Å². The monoisotopic (exact) mass is 248 g/mol. The molecule has 0 atom stereocenters. The molecule has 4 heteroatoms. The van der Waals surface area contributed by atoms with E-state index in [0.717, 1.165) is 25.3 Å². The van der Waals surface area contributed by atoms with Gasteiger partial charge in [-0.3, -0.25) is 0 Å². The maximum absolute atomic E-state index is 4.36. The molecule has 0 unspecified atom stereocenters. The number of hydrogen-bond donors (Lipinski definition) is 1. The van der Waals surface area contributed by atoms with E-state index in [-0.39, 0.29) is 0 Å². The highest BCUT2D eigenvalue weighted by Crippen LogP contribution is 2.27. The second-order valence-corrected chi connectivity index (χ2v) is 6.12. The van der Waals surface area contributed by atoms with Gasteiger partial charge in [0.25, 0.3) is 0 Å². The van der Waals surface area contributed by atoms with E-state index in [1.165, 1.54) is 50.8 Å². The van der Waals surface area contributed by atoms with Crippen LogP contribution in [0.2, 0.25) is 0 Å². The van der Waals surface area contributed by atoms with Gasteiger partial charge < -0.3 is 9.88 Å². The lowest BCUT2D eigenvalue weighted by atomic mass is 9.83. The molecule has 1 aliphatic heterocycles. The summed E-state index contributed by atoms with van der Waals surface area (Å²) in [5.41, 5.74) is 0.319. The average molecular weight is 248 g/mol. The first-order valence-electron chi connectivity index (χ1n) is 7.43. The highest BCUT2D eigenvalue weighted by atomic mass is 15.3. The number of rotatable bonds is 3. The van der Waals surface area contributed by atoms with Crippen LogP contribution in [0.25, 0.3) is 0 Å². The summed E-state index contributed by atoms with van der Waals surface area (Å²) in [6, 6.07) is 0. The predicted molar refractivity (Wildman–Crippen MR) is 71.3 cm³/mol. The lowest BCUT2D eigenvalue weighted by Gasteiger charge is -2.34. The molecule has 0 amide bonds. The molecule has 0 saturated heterocycles. The molecular formula is C14H24N4. The minimum absolute atomic E-state index is 0.319. The van der Waals surface area contributed by atoms with Crippen LogP contribution in [0.3, 0.4) is 0 Å². The first-order valence-corrected chi connectivity index (χ1v) is 7.43. The molecule has 0 bridgehead atoms. The van der Waals surface area contributed by atoms with Crippen LogP contribution < -0.4 is 5.32 Å². The van der Waals surface area contributed by atoms with Gasteiger partial charge >= 0.3 is 0 Å². The third kappa shape index (κ3) is 2.44. The number of aromatic nitrogens is 3. The van der Waals surface area contributed by atoms with Crippen molar-refractivity contribution in [3.8, 4) is 0 Å². The van der Waals surface area contributed by atoms with E-state index < -0.39 is 0 Å². The van der Waals surface area contributed by atoms with Crippen LogP contribution in [0.15, 0.2) is 0 Å². The molecule has 0 spiro atoms. The number of nitrogens with zero attached hydrogens (tertiary/aromatic N) is 3. The second kappa shape index (κ2) is 5.00. The molecule has 100 valence electrons. The summed E-state index contributed by atoms with van der Waals surface area (Å²) in [4.78, 5) is 0. The van der Waals surface area contributed by atoms with Gasteiger partial charge in [0.1, 0.15) is 11.6 Å². The second-order valence-electron chi connectivity index (χ2n) is 6.12. The summed E-state index contributed by atoms with van der Waals surface area (Å²) in [7, 11) is 0. The van der Waals surface area contributed by atoms with Gasteiger partial charge in [0.15, 0.2) is 0 Å². The summed E-state index contributed by atoms with van der Waals surface area (Å²) in [6.45, 7) is 4.35. The topological polar surface area (TPSA) is 42.7 Å². The van der Waals surface area contributed by atoms with Crippen LogP contribution in [0.1, 0.15) is 63.5 Å². The largest absolute Gasteiger partial charge is 0.314 e. The van der Waals surface area contributed by atoms with Crippen LogP contribution >= 0.6 is 0 Å². The maximum atomic E-state index is 4.36. The molecule has 2 aliphatic rings. The van der Waals surface area contributed by atoms with Crippen molar-refractivity contribution in [1.82, 2.24) is 20.1 Å². The Hall–Kier alpha value is -0.900. The normalized spacial score (nSPS) is 22.7. The smallest absolute Gasteiger partial charge is 0.147 e. The zero-order valence-corrected chi connectivity index (χ0v) is 11.4. The molecule has 1 saturated carbocycles. The minimum atomic E-state index is 0.319. The third-order valence-electron chi connectivity index (χ3n) is 4.57. The van der Waals surface area contributed by atoms with Crippen LogP contribution in [0.4, 0.5) is 0 Å². The van der Waals surface area contributed by atoms with Crippen molar-refractivity contribution < 1.29 is 0 Å². The van der Waals surface area contributed by atoms with Gasteiger partial charge in [-0.05, 0) is 32.6 Å². The van der Waals surface area contributed by atoms with Crippen LogP contribution in [0.5, 0.6) is 0 Å². The van der Waals surface area contributed by atoms with E-state index in [1.807, 2.05) is 0 Å². The highest BCUT2D eigenvalue weighted by Gasteiger charge is 2.26. The fourth-order valence-electron chi connectivity index (χ4n) is 3.30. The summed E-state index contributed by atoms with van der Waals surface area (Å²) in [5, 5.41) is 12.4. The Labute approximate surface area is 109 Å². The van der Waals surface area contributed by atoms with Crippen LogP contribution in [-0.2, 0) is 19.5 Å². The van der Waals surface area contributed by atoms with Crippen LogP contribution in [0, 0.1) is 0 Å².